The van der Waals surface area contributed by atoms with Crippen LogP contribution in [0.5, 0.6) is 11.5 Å². The van der Waals surface area contributed by atoms with Gasteiger partial charge in [0.2, 0.25) is 0 Å². The molecule has 9 aromatic rings. The van der Waals surface area contributed by atoms with Crippen LogP contribution in [0.4, 0.5) is 39.9 Å². The first-order chi connectivity index (χ1) is 40.6. The van der Waals surface area contributed by atoms with Crippen LogP contribution in [0.3, 0.4) is 0 Å². The van der Waals surface area contributed by atoms with Crippen LogP contribution in [-0.2, 0) is 53.6 Å². The van der Waals surface area contributed by atoms with E-state index in [4.69, 9.17) is 9.72 Å². The van der Waals surface area contributed by atoms with Gasteiger partial charge in [-0.15, -0.1) is 48.2 Å². The van der Waals surface area contributed by atoms with Gasteiger partial charge < -0.3 is 19.4 Å². The Bertz CT molecular complexity index is 3950. The van der Waals surface area contributed by atoms with Crippen molar-refractivity contribution in [3.05, 3.63) is 227 Å². The molecule has 1 aromatic heterocycles. The zero-order chi connectivity index (χ0) is 62.7. The number of hydrogen-bond donors (Lipinski definition) is 0. The summed E-state index contributed by atoms with van der Waals surface area (Å²) in [5, 5.41) is 0. The standard InChI is InChI=1S/C81H90BN4O.Pt/c1-51-37-52(2)74(53(3)38-51)82-67-29-22-23-30-69(67)86(73-47-56(35-36-83-73)76(4,5)6)72-49-64(33-34-68(72)82)87-63-28-26-27-62(48-63)84-50-85(71-32-25-24-31-70(71)84)75-65(54-39-57(77(7,8)9)43-58(40-54)78(10,11)12)45-61(81(19,20)21)46-66(75)55-41-59(79(13,14)15)44-60(42-55)80(16,17)18;/h22-47,50H,1-21H3;/q-3;. The molecule has 0 aliphatic carbocycles. The molecule has 0 saturated carbocycles. The predicted molar refractivity (Wildman–Crippen MR) is 373 cm³/mol. The number of benzene rings is 8. The molecule has 7 heteroatoms. The van der Waals surface area contributed by atoms with Crippen LogP contribution in [0.15, 0.2) is 158 Å². The summed E-state index contributed by atoms with van der Waals surface area (Å²) in [4.78, 5) is 12.1. The van der Waals surface area contributed by atoms with E-state index in [2.05, 4.69) is 324 Å². The first kappa shape index (κ1) is 63.9. The Morgan fingerprint density at radius 1 is 0.432 bits per heavy atom. The zero-order valence-corrected chi connectivity index (χ0v) is 58.5. The monoisotopic (exact) mass is 1340 g/mol. The number of pyridine rings is 1. The third kappa shape index (κ3) is 12.5. The van der Waals surface area contributed by atoms with Crippen molar-refractivity contribution in [2.45, 2.75) is 178 Å². The van der Waals surface area contributed by atoms with Gasteiger partial charge in [-0.3, -0.25) is 0 Å². The van der Waals surface area contributed by atoms with Crippen molar-refractivity contribution in [1.82, 2.24) is 4.98 Å². The molecular weight excluding hydrogens is 1250 g/mol. The van der Waals surface area contributed by atoms with E-state index in [9.17, 15) is 0 Å². The van der Waals surface area contributed by atoms with Crippen LogP contribution in [0.2, 0.25) is 0 Å². The first-order valence-corrected chi connectivity index (χ1v) is 31.4. The minimum Gasteiger partial charge on any atom is -0.509 e. The maximum Gasteiger partial charge on any atom is 0.181 e. The smallest absolute Gasteiger partial charge is 0.181 e. The Kier molecular flexibility index (Phi) is 16.7. The number of fused-ring (bicyclic) bond motifs is 3. The normalized spacial score (nSPS) is 13.7. The van der Waals surface area contributed by atoms with E-state index < -0.39 is 0 Å². The maximum atomic E-state index is 7.04. The molecule has 11 rings (SSSR count). The minimum absolute atomic E-state index is 0. The Balaban J connectivity index is 0.00000855. The second-order valence-corrected chi connectivity index (χ2v) is 31.0. The van der Waals surface area contributed by atoms with Crippen LogP contribution in [0, 0.1) is 39.6 Å². The van der Waals surface area contributed by atoms with E-state index in [1.165, 1.54) is 83.3 Å². The first-order valence-electron chi connectivity index (χ1n) is 31.4. The van der Waals surface area contributed by atoms with Gasteiger partial charge in [0.25, 0.3) is 0 Å². The molecule has 0 radical (unpaired) electrons. The molecule has 0 amide bonds. The molecule has 0 spiro atoms. The molecule has 5 nitrogen and oxygen atoms in total. The molecule has 0 fully saturated rings. The topological polar surface area (TPSA) is 31.8 Å². The SMILES string of the molecule is Cc1cc(C)c(B2c3ccc(Oc4[c-]c(N5[CH-]N(c6c(-c7cc(C(C)(C)C)cc(C(C)(C)C)c7)cc(C(C)(C)C)cc6-c6cc(C(C)(C)C)cc(C(C)(C)C)c6)c6ccccc65)ccc4)[c-]c3N(c3cc(C(C)(C)C)ccn3)c3ccccc32)c(C)c1.[Pt]. The number of aromatic nitrogens is 1. The second kappa shape index (κ2) is 23.0. The van der Waals surface area contributed by atoms with Crippen molar-refractivity contribution >= 4 is 63.0 Å². The average molecular weight is 1340 g/mol. The summed E-state index contributed by atoms with van der Waals surface area (Å²) in [5.41, 5.74) is 25.6. The van der Waals surface area contributed by atoms with Crippen molar-refractivity contribution in [1.29, 1.82) is 0 Å². The minimum atomic E-state index is -0.160. The summed E-state index contributed by atoms with van der Waals surface area (Å²) in [6, 6.07) is 64.5. The molecule has 88 heavy (non-hydrogen) atoms. The molecule has 2 aliphatic heterocycles. The van der Waals surface area contributed by atoms with Crippen LogP contribution in [-0.4, -0.2) is 11.7 Å². The number of aryl methyl sites for hydroxylation is 3. The summed E-state index contributed by atoms with van der Waals surface area (Å²) in [6.45, 7) is 50.8. The third-order valence-corrected chi connectivity index (χ3v) is 17.9. The fourth-order valence-electron chi connectivity index (χ4n) is 12.7. The predicted octanol–water partition coefficient (Wildman–Crippen LogP) is 20.2. The van der Waals surface area contributed by atoms with Gasteiger partial charge in [-0.1, -0.05) is 237 Å². The molecule has 2 aliphatic rings. The molecule has 3 heterocycles. The summed E-state index contributed by atoms with van der Waals surface area (Å²) in [5.74, 6) is 2.02. The molecule has 0 unspecified atom stereocenters. The van der Waals surface area contributed by atoms with Gasteiger partial charge in [-0.2, -0.15) is 12.1 Å². The molecule has 456 valence electrons. The fourth-order valence-corrected chi connectivity index (χ4v) is 12.7. The molecule has 0 saturated heterocycles. The summed E-state index contributed by atoms with van der Waals surface area (Å²) >= 11 is 0. The average Bonchev–Trinajstić information content (AvgIpc) is 1.26. The number of rotatable bonds is 8. The fraction of sp³-hybridized carbons (Fsp3) is 0.333. The quantitative estimate of drug-likeness (QED) is 0.112. The molecule has 0 N–H and O–H groups in total. The van der Waals surface area contributed by atoms with Gasteiger partial charge in [-0.05, 0) is 140 Å². The Hall–Kier alpha value is -7.14. The molecule has 0 bridgehead atoms. The van der Waals surface area contributed by atoms with E-state index in [1.807, 2.05) is 12.3 Å². The van der Waals surface area contributed by atoms with Gasteiger partial charge in [0.1, 0.15) is 5.82 Å². The van der Waals surface area contributed by atoms with Gasteiger partial charge in [0.05, 0.1) is 0 Å². The molecule has 8 aromatic carbocycles. The largest absolute Gasteiger partial charge is 0.509 e. The molecular formula is C81H90BN4OPt-3. The summed E-state index contributed by atoms with van der Waals surface area (Å²) < 4.78 is 7.04. The van der Waals surface area contributed by atoms with Crippen molar-refractivity contribution in [3.8, 4) is 33.8 Å². The number of ether oxygens (including phenoxy) is 1. The Labute approximate surface area is 543 Å². The van der Waals surface area contributed by atoms with Crippen molar-refractivity contribution in [2.75, 3.05) is 14.7 Å². The van der Waals surface area contributed by atoms with Gasteiger partial charge in [0.15, 0.2) is 6.71 Å². The van der Waals surface area contributed by atoms with Gasteiger partial charge in [-0.25, -0.2) is 4.98 Å². The van der Waals surface area contributed by atoms with E-state index >= 15 is 0 Å². The van der Waals surface area contributed by atoms with E-state index in [-0.39, 0.29) is 60.3 Å². The number of anilines is 7. The third-order valence-electron chi connectivity index (χ3n) is 17.9. The van der Waals surface area contributed by atoms with Crippen molar-refractivity contribution < 1.29 is 25.8 Å². The van der Waals surface area contributed by atoms with E-state index in [0.717, 1.165) is 45.4 Å². The molecule has 0 atom stereocenters. The van der Waals surface area contributed by atoms with E-state index in [0.29, 0.717) is 11.5 Å². The number of nitrogens with zero attached hydrogens (tertiary/aromatic N) is 4. The van der Waals surface area contributed by atoms with Crippen LogP contribution < -0.4 is 35.8 Å². The summed E-state index contributed by atoms with van der Waals surface area (Å²) in [7, 11) is 0. The van der Waals surface area contributed by atoms with Gasteiger partial charge in [0, 0.05) is 72.6 Å². The second-order valence-electron chi connectivity index (χ2n) is 31.0. The zero-order valence-electron chi connectivity index (χ0n) is 56.2. The maximum absolute atomic E-state index is 7.04. The Morgan fingerprint density at radius 2 is 0.898 bits per heavy atom. The van der Waals surface area contributed by atoms with Crippen molar-refractivity contribution in [3.63, 3.8) is 0 Å². The number of para-hydroxylation sites is 3. The summed E-state index contributed by atoms with van der Waals surface area (Å²) in [6.07, 6.45) is 1.94. The van der Waals surface area contributed by atoms with Crippen molar-refractivity contribution in [2.24, 2.45) is 0 Å². The van der Waals surface area contributed by atoms with Crippen LogP contribution in [0.25, 0.3) is 22.3 Å². The van der Waals surface area contributed by atoms with Crippen LogP contribution in [0.1, 0.15) is 175 Å². The van der Waals surface area contributed by atoms with E-state index in [1.54, 1.807) is 0 Å². The number of hydrogen-bond acceptors (Lipinski definition) is 5. The Morgan fingerprint density at radius 3 is 1.41 bits per heavy atom. The van der Waals surface area contributed by atoms with Crippen LogP contribution >= 0.6 is 0 Å². The van der Waals surface area contributed by atoms with Gasteiger partial charge >= 0.3 is 0 Å².